The normalized spacial score (nSPS) is 48.9. The molecule has 0 aromatic carbocycles. The number of hydrogen-bond donors (Lipinski definition) is 2. The molecule has 162 valence electrons. The molecule has 1 amide bonds. The first-order valence-electron chi connectivity index (χ1n) is 11.4. The number of fused-ring (bicyclic) bond motifs is 5. The van der Waals surface area contributed by atoms with Gasteiger partial charge < -0.3 is 15.2 Å². The molecular weight excluding hydrogens is 366 g/mol. The van der Waals surface area contributed by atoms with Gasteiger partial charge in [-0.1, -0.05) is 26.0 Å². The maximum Gasteiger partial charge on any atom is 0.303 e. The largest absolute Gasteiger partial charge is 0.459 e. The Balaban J connectivity index is 1.71. The summed E-state index contributed by atoms with van der Waals surface area (Å²) in [5.74, 6) is 0.741. The van der Waals surface area contributed by atoms with E-state index >= 15 is 0 Å². The first-order chi connectivity index (χ1) is 13.6. The fourth-order valence-corrected chi connectivity index (χ4v) is 7.90. The monoisotopic (exact) mass is 403 g/mol. The van der Waals surface area contributed by atoms with Crippen LogP contribution in [0.5, 0.6) is 0 Å². The van der Waals surface area contributed by atoms with Crippen molar-refractivity contribution in [3.05, 3.63) is 12.2 Å². The summed E-state index contributed by atoms with van der Waals surface area (Å²) in [5, 5.41) is 14.6. The lowest BCUT2D eigenvalue weighted by Crippen LogP contribution is -2.65. The summed E-state index contributed by atoms with van der Waals surface area (Å²) in [4.78, 5) is 23.6. The maximum absolute atomic E-state index is 12.0. The second-order valence-electron chi connectivity index (χ2n) is 10.7. The molecule has 0 aromatic rings. The fraction of sp³-hybridized carbons (Fsp3) is 0.833. The number of hydrogen-bond acceptors (Lipinski definition) is 4. The molecule has 4 aliphatic rings. The Morgan fingerprint density at radius 3 is 2.48 bits per heavy atom. The number of allylic oxidation sites excluding steroid dienone is 1. The van der Waals surface area contributed by atoms with Crippen molar-refractivity contribution in [2.45, 2.75) is 90.9 Å². The van der Waals surface area contributed by atoms with Crippen LogP contribution in [0.4, 0.5) is 0 Å². The molecule has 2 N–H and O–H groups in total. The molecule has 29 heavy (non-hydrogen) atoms. The van der Waals surface area contributed by atoms with Gasteiger partial charge in [-0.2, -0.15) is 0 Å². The quantitative estimate of drug-likeness (QED) is 0.546. The number of esters is 1. The molecule has 0 saturated heterocycles. The molecule has 0 spiro atoms. The summed E-state index contributed by atoms with van der Waals surface area (Å²) in [6, 6.07) is 0.0925. The molecule has 0 radical (unpaired) electrons. The third-order valence-electron chi connectivity index (χ3n) is 9.39. The minimum Gasteiger partial charge on any atom is -0.459 e. The van der Waals surface area contributed by atoms with Crippen molar-refractivity contribution < 1.29 is 19.4 Å². The number of aliphatic hydroxyl groups excluding tert-OH is 1. The molecule has 1 unspecified atom stereocenters. The molecular formula is C24H37NO4. The first kappa shape index (κ1) is 20.9. The summed E-state index contributed by atoms with van der Waals surface area (Å²) in [6.45, 7) is 12.1. The minimum absolute atomic E-state index is 0.0148. The van der Waals surface area contributed by atoms with Crippen molar-refractivity contribution in [2.75, 3.05) is 0 Å². The van der Waals surface area contributed by atoms with Crippen LogP contribution >= 0.6 is 0 Å². The van der Waals surface area contributed by atoms with Crippen molar-refractivity contribution in [2.24, 2.45) is 34.5 Å². The summed E-state index contributed by atoms with van der Waals surface area (Å²) >= 11 is 0. The van der Waals surface area contributed by atoms with E-state index in [2.05, 4.69) is 25.7 Å². The Hall–Kier alpha value is -1.36. The number of amides is 1. The molecule has 4 saturated carbocycles. The van der Waals surface area contributed by atoms with E-state index in [9.17, 15) is 14.7 Å². The number of ether oxygens (including phenoxy) is 1. The van der Waals surface area contributed by atoms with Crippen LogP contribution in [-0.4, -0.2) is 35.2 Å². The van der Waals surface area contributed by atoms with Gasteiger partial charge in [0.15, 0.2) is 0 Å². The standard InChI is InChI=1S/C24H37NO4/c1-13-6-7-17-20-18(9-11-23(13,17)4)24(5)10-8-16(25-14(2)26)12-19(24)21(28)22(20)29-15(3)27/h16-22,28H,1,6-12H2,2-5H3,(H,25,26)/t16-,17-,18-,19+,20?,21+,22+,23+,24+/m0/s1. The zero-order valence-electron chi connectivity index (χ0n) is 18.4. The Morgan fingerprint density at radius 2 is 1.83 bits per heavy atom. The van der Waals surface area contributed by atoms with Crippen molar-refractivity contribution in [1.29, 1.82) is 0 Å². The average Bonchev–Trinajstić information content (AvgIpc) is 2.94. The van der Waals surface area contributed by atoms with Crippen LogP contribution in [0.15, 0.2) is 12.2 Å². The highest BCUT2D eigenvalue weighted by Gasteiger charge is 2.65. The van der Waals surface area contributed by atoms with E-state index in [1.807, 2.05) is 0 Å². The van der Waals surface area contributed by atoms with Gasteiger partial charge in [-0.05, 0) is 73.5 Å². The van der Waals surface area contributed by atoms with Gasteiger partial charge in [0.1, 0.15) is 6.10 Å². The lowest BCUT2D eigenvalue weighted by molar-refractivity contribution is -0.224. The molecule has 4 fully saturated rings. The molecule has 5 nitrogen and oxygen atoms in total. The topological polar surface area (TPSA) is 75.6 Å². The van der Waals surface area contributed by atoms with Gasteiger partial charge in [0, 0.05) is 25.8 Å². The smallest absolute Gasteiger partial charge is 0.303 e. The third-order valence-corrected chi connectivity index (χ3v) is 9.39. The predicted octanol–water partition coefficient (Wildman–Crippen LogP) is 3.60. The second-order valence-corrected chi connectivity index (χ2v) is 10.7. The number of carbonyl (C=O) groups is 2. The zero-order valence-corrected chi connectivity index (χ0v) is 18.4. The van der Waals surface area contributed by atoms with Gasteiger partial charge in [-0.25, -0.2) is 0 Å². The van der Waals surface area contributed by atoms with Gasteiger partial charge in [0.2, 0.25) is 5.91 Å². The molecule has 0 bridgehead atoms. The summed E-state index contributed by atoms with van der Waals surface area (Å²) in [5.41, 5.74) is 1.44. The lowest BCUT2D eigenvalue weighted by Gasteiger charge is -2.63. The Bertz CT molecular complexity index is 720. The van der Waals surface area contributed by atoms with E-state index in [0.717, 1.165) is 44.9 Å². The lowest BCUT2D eigenvalue weighted by atomic mass is 9.43. The molecule has 0 heterocycles. The van der Waals surface area contributed by atoms with Crippen molar-refractivity contribution in [1.82, 2.24) is 5.32 Å². The summed E-state index contributed by atoms with van der Waals surface area (Å²) in [7, 11) is 0. The summed E-state index contributed by atoms with van der Waals surface area (Å²) < 4.78 is 5.87. The fourth-order valence-electron chi connectivity index (χ4n) is 7.90. The number of nitrogens with one attached hydrogen (secondary N) is 1. The van der Waals surface area contributed by atoms with Crippen LogP contribution in [0.2, 0.25) is 0 Å². The van der Waals surface area contributed by atoms with Gasteiger partial charge in [0.05, 0.1) is 6.10 Å². The van der Waals surface area contributed by atoms with Crippen LogP contribution in [-0.2, 0) is 14.3 Å². The third kappa shape index (κ3) is 3.15. The van der Waals surface area contributed by atoms with Crippen molar-refractivity contribution >= 4 is 11.9 Å². The predicted molar refractivity (Wildman–Crippen MR) is 111 cm³/mol. The zero-order chi connectivity index (χ0) is 21.1. The Labute approximate surface area is 174 Å². The van der Waals surface area contributed by atoms with E-state index in [0.29, 0.717) is 11.8 Å². The van der Waals surface area contributed by atoms with Crippen LogP contribution in [0.1, 0.15) is 72.6 Å². The van der Waals surface area contributed by atoms with E-state index in [1.165, 1.54) is 12.5 Å². The highest BCUT2D eigenvalue weighted by atomic mass is 16.6. The minimum atomic E-state index is -0.682. The maximum atomic E-state index is 12.0. The SMILES string of the molecule is C=C1CC[C@H]2C3[C@@H](OC(C)=O)[C@H](O)[C@H]4C[C@@H](NC(C)=O)CC[C@]4(C)[C@H]3CC[C@]12C. The molecule has 0 aromatic heterocycles. The van der Waals surface area contributed by atoms with Gasteiger partial charge >= 0.3 is 5.97 Å². The Morgan fingerprint density at radius 1 is 1.10 bits per heavy atom. The molecule has 4 aliphatic carbocycles. The Kier molecular flexibility index (Phi) is 5.12. The van der Waals surface area contributed by atoms with E-state index in [4.69, 9.17) is 4.74 Å². The van der Waals surface area contributed by atoms with Gasteiger partial charge in [0.25, 0.3) is 0 Å². The van der Waals surface area contributed by atoms with Gasteiger partial charge in [-0.3, -0.25) is 9.59 Å². The highest BCUT2D eigenvalue weighted by molar-refractivity contribution is 5.73. The van der Waals surface area contributed by atoms with Crippen LogP contribution in [0.3, 0.4) is 0 Å². The van der Waals surface area contributed by atoms with E-state index in [1.54, 1.807) is 6.92 Å². The van der Waals surface area contributed by atoms with Crippen molar-refractivity contribution in [3.8, 4) is 0 Å². The summed E-state index contributed by atoms with van der Waals surface area (Å²) in [6.07, 6.45) is 5.92. The molecule has 5 heteroatoms. The average molecular weight is 404 g/mol. The van der Waals surface area contributed by atoms with E-state index in [-0.39, 0.29) is 40.6 Å². The van der Waals surface area contributed by atoms with Crippen LogP contribution in [0.25, 0.3) is 0 Å². The molecule has 4 rings (SSSR count). The van der Waals surface area contributed by atoms with Crippen molar-refractivity contribution in [3.63, 3.8) is 0 Å². The van der Waals surface area contributed by atoms with Crippen LogP contribution < -0.4 is 5.32 Å². The highest BCUT2D eigenvalue weighted by Crippen LogP contribution is 2.67. The number of aliphatic hydroxyl groups is 1. The first-order valence-corrected chi connectivity index (χ1v) is 11.4. The number of rotatable bonds is 2. The number of carbonyl (C=O) groups excluding carboxylic acids is 2. The molecule has 9 atom stereocenters. The van der Waals surface area contributed by atoms with Crippen LogP contribution in [0, 0.1) is 34.5 Å². The van der Waals surface area contributed by atoms with Gasteiger partial charge in [-0.15, -0.1) is 0 Å². The van der Waals surface area contributed by atoms with E-state index < -0.39 is 12.2 Å². The second kappa shape index (κ2) is 7.11. The molecule has 0 aliphatic heterocycles.